The van der Waals surface area contributed by atoms with Gasteiger partial charge in [-0.2, -0.15) is 0 Å². The molecular formula is C16H18BrNO3. The lowest BCUT2D eigenvalue weighted by Gasteiger charge is -2.14. The van der Waals surface area contributed by atoms with Crippen molar-refractivity contribution in [3.8, 4) is 17.2 Å². The molecule has 112 valence electrons. The summed E-state index contributed by atoms with van der Waals surface area (Å²) in [6.07, 6.45) is 0.785. The van der Waals surface area contributed by atoms with Gasteiger partial charge in [-0.3, -0.25) is 0 Å². The summed E-state index contributed by atoms with van der Waals surface area (Å²) >= 11 is 3.51. The van der Waals surface area contributed by atoms with Crippen molar-refractivity contribution >= 4 is 15.9 Å². The number of aromatic hydroxyl groups is 1. The van der Waals surface area contributed by atoms with E-state index in [9.17, 15) is 5.11 Å². The molecule has 0 heterocycles. The SMILES string of the molecule is COc1cc(CCN)cc(Br)c1OCc1ccc(O)cc1. The number of phenols is 1. The standard InChI is InChI=1S/C16H18BrNO3/c1-20-15-9-12(6-7-18)8-14(17)16(15)21-10-11-2-4-13(19)5-3-11/h2-5,8-9,19H,6-7,10,18H2,1H3. The van der Waals surface area contributed by atoms with Crippen molar-refractivity contribution in [2.24, 2.45) is 5.73 Å². The lowest BCUT2D eigenvalue weighted by atomic mass is 10.1. The molecule has 2 rings (SSSR count). The van der Waals surface area contributed by atoms with Gasteiger partial charge >= 0.3 is 0 Å². The third-order valence-corrected chi connectivity index (χ3v) is 3.63. The van der Waals surface area contributed by atoms with Gasteiger partial charge in [-0.1, -0.05) is 12.1 Å². The summed E-state index contributed by atoms with van der Waals surface area (Å²) in [6, 6.07) is 10.8. The second kappa shape index (κ2) is 7.33. The van der Waals surface area contributed by atoms with E-state index in [2.05, 4.69) is 15.9 Å². The van der Waals surface area contributed by atoms with E-state index in [0.717, 1.165) is 22.0 Å². The molecule has 21 heavy (non-hydrogen) atoms. The molecule has 0 spiro atoms. The van der Waals surface area contributed by atoms with Crippen LogP contribution in [0.2, 0.25) is 0 Å². The Labute approximate surface area is 132 Å². The van der Waals surface area contributed by atoms with Crippen LogP contribution in [0.15, 0.2) is 40.9 Å². The van der Waals surface area contributed by atoms with Crippen LogP contribution < -0.4 is 15.2 Å². The molecule has 5 heteroatoms. The van der Waals surface area contributed by atoms with Crippen molar-refractivity contribution in [2.45, 2.75) is 13.0 Å². The Hall–Kier alpha value is -1.72. The maximum Gasteiger partial charge on any atom is 0.175 e. The minimum Gasteiger partial charge on any atom is -0.508 e. The molecule has 0 aromatic heterocycles. The first kappa shape index (κ1) is 15.7. The first-order valence-electron chi connectivity index (χ1n) is 6.61. The number of hydrogen-bond donors (Lipinski definition) is 2. The predicted octanol–water partition coefficient (Wildman–Crippen LogP) is 3.24. The average Bonchev–Trinajstić information content (AvgIpc) is 2.47. The van der Waals surface area contributed by atoms with Crippen molar-refractivity contribution in [1.29, 1.82) is 0 Å². The highest BCUT2D eigenvalue weighted by Crippen LogP contribution is 2.37. The predicted molar refractivity (Wildman–Crippen MR) is 85.9 cm³/mol. The van der Waals surface area contributed by atoms with Crippen LogP contribution in [0.3, 0.4) is 0 Å². The molecular weight excluding hydrogens is 334 g/mol. The molecule has 0 aliphatic heterocycles. The fourth-order valence-electron chi connectivity index (χ4n) is 1.97. The Bertz CT molecular complexity index is 599. The molecule has 0 unspecified atom stereocenters. The summed E-state index contributed by atoms with van der Waals surface area (Å²) < 4.78 is 12.1. The van der Waals surface area contributed by atoms with Gasteiger partial charge in [-0.05, 0) is 64.3 Å². The van der Waals surface area contributed by atoms with E-state index < -0.39 is 0 Å². The topological polar surface area (TPSA) is 64.7 Å². The average molecular weight is 352 g/mol. The van der Waals surface area contributed by atoms with Crippen molar-refractivity contribution in [3.05, 3.63) is 52.0 Å². The Balaban J connectivity index is 2.16. The Morgan fingerprint density at radius 3 is 2.48 bits per heavy atom. The van der Waals surface area contributed by atoms with Gasteiger partial charge in [0.25, 0.3) is 0 Å². The molecule has 0 aliphatic rings. The van der Waals surface area contributed by atoms with Crippen LogP contribution in [0, 0.1) is 0 Å². The van der Waals surface area contributed by atoms with Crippen molar-refractivity contribution in [2.75, 3.05) is 13.7 Å². The van der Waals surface area contributed by atoms with Crippen molar-refractivity contribution < 1.29 is 14.6 Å². The quantitative estimate of drug-likeness (QED) is 0.838. The Kier molecular flexibility index (Phi) is 5.47. The van der Waals surface area contributed by atoms with Gasteiger partial charge in [0.2, 0.25) is 0 Å². The summed E-state index contributed by atoms with van der Waals surface area (Å²) in [5.74, 6) is 1.57. The molecule has 0 saturated carbocycles. The van der Waals surface area contributed by atoms with Gasteiger partial charge in [0.1, 0.15) is 12.4 Å². The number of phenolic OH excluding ortho intramolecular Hbond substituents is 1. The molecule has 0 aliphatic carbocycles. The first-order valence-corrected chi connectivity index (χ1v) is 7.40. The van der Waals surface area contributed by atoms with Gasteiger partial charge in [0.15, 0.2) is 11.5 Å². The van der Waals surface area contributed by atoms with E-state index >= 15 is 0 Å². The van der Waals surface area contributed by atoms with E-state index in [-0.39, 0.29) is 5.75 Å². The maximum atomic E-state index is 9.27. The number of benzene rings is 2. The zero-order valence-electron chi connectivity index (χ0n) is 11.8. The zero-order chi connectivity index (χ0) is 15.2. The van der Waals surface area contributed by atoms with E-state index in [1.54, 1.807) is 19.2 Å². The van der Waals surface area contributed by atoms with Crippen LogP contribution in [0.25, 0.3) is 0 Å². The molecule has 4 nitrogen and oxygen atoms in total. The molecule has 3 N–H and O–H groups in total. The van der Waals surface area contributed by atoms with Crippen molar-refractivity contribution in [1.82, 2.24) is 0 Å². The van der Waals surface area contributed by atoms with E-state index in [0.29, 0.717) is 24.7 Å². The number of methoxy groups -OCH3 is 1. The van der Waals surface area contributed by atoms with Crippen LogP contribution in [0.4, 0.5) is 0 Å². The van der Waals surface area contributed by atoms with Crippen LogP contribution >= 0.6 is 15.9 Å². The number of hydrogen-bond acceptors (Lipinski definition) is 4. The molecule has 0 saturated heterocycles. The maximum absolute atomic E-state index is 9.27. The van der Waals surface area contributed by atoms with Gasteiger partial charge in [-0.25, -0.2) is 0 Å². The first-order chi connectivity index (χ1) is 10.1. The summed E-state index contributed by atoms with van der Waals surface area (Å²) in [7, 11) is 1.61. The molecule has 0 radical (unpaired) electrons. The van der Waals surface area contributed by atoms with Gasteiger partial charge < -0.3 is 20.3 Å². The van der Waals surface area contributed by atoms with E-state index in [1.165, 1.54) is 0 Å². The highest BCUT2D eigenvalue weighted by molar-refractivity contribution is 9.10. The second-order valence-electron chi connectivity index (χ2n) is 4.60. The minimum absolute atomic E-state index is 0.239. The molecule has 0 amide bonds. The van der Waals surface area contributed by atoms with Gasteiger partial charge in [0, 0.05) is 0 Å². The van der Waals surface area contributed by atoms with Crippen LogP contribution in [-0.4, -0.2) is 18.8 Å². The van der Waals surface area contributed by atoms with Gasteiger partial charge in [-0.15, -0.1) is 0 Å². The smallest absolute Gasteiger partial charge is 0.175 e. The number of nitrogens with two attached hydrogens (primary N) is 1. The third kappa shape index (κ3) is 4.12. The van der Waals surface area contributed by atoms with E-state index in [1.807, 2.05) is 24.3 Å². The highest BCUT2D eigenvalue weighted by atomic mass is 79.9. The number of rotatable bonds is 6. The molecule has 2 aromatic rings. The summed E-state index contributed by atoms with van der Waals surface area (Å²) in [5, 5.41) is 9.27. The third-order valence-electron chi connectivity index (χ3n) is 3.04. The van der Waals surface area contributed by atoms with Crippen LogP contribution in [-0.2, 0) is 13.0 Å². The van der Waals surface area contributed by atoms with Gasteiger partial charge in [0.05, 0.1) is 11.6 Å². The van der Waals surface area contributed by atoms with Crippen molar-refractivity contribution in [3.63, 3.8) is 0 Å². The Morgan fingerprint density at radius 1 is 1.14 bits per heavy atom. The lowest BCUT2D eigenvalue weighted by molar-refractivity contribution is 0.282. The normalized spacial score (nSPS) is 10.4. The fourth-order valence-corrected chi connectivity index (χ4v) is 2.58. The number of halogens is 1. The Morgan fingerprint density at radius 2 is 1.86 bits per heavy atom. The number of ether oxygens (including phenoxy) is 2. The lowest BCUT2D eigenvalue weighted by Crippen LogP contribution is -2.04. The fraction of sp³-hybridized carbons (Fsp3) is 0.250. The molecule has 0 atom stereocenters. The largest absolute Gasteiger partial charge is 0.508 e. The summed E-state index contributed by atoms with van der Waals surface area (Å²) in [5.41, 5.74) is 7.64. The monoisotopic (exact) mass is 351 g/mol. The van der Waals surface area contributed by atoms with Crippen LogP contribution in [0.1, 0.15) is 11.1 Å². The summed E-state index contributed by atoms with van der Waals surface area (Å²) in [4.78, 5) is 0. The summed E-state index contributed by atoms with van der Waals surface area (Å²) in [6.45, 7) is 0.981. The molecule has 0 bridgehead atoms. The molecule has 2 aromatic carbocycles. The highest BCUT2D eigenvalue weighted by Gasteiger charge is 2.11. The zero-order valence-corrected chi connectivity index (χ0v) is 13.4. The molecule has 0 fully saturated rings. The van der Waals surface area contributed by atoms with E-state index in [4.69, 9.17) is 15.2 Å². The van der Waals surface area contributed by atoms with Crippen LogP contribution in [0.5, 0.6) is 17.2 Å². The minimum atomic E-state index is 0.239. The second-order valence-corrected chi connectivity index (χ2v) is 5.46.